The van der Waals surface area contributed by atoms with Crippen LogP contribution in [0, 0.1) is 6.92 Å². The lowest BCUT2D eigenvalue weighted by molar-refractivity contribution is -0.113. The smallest absolute Gasteiger partial charge is 0.234 e. The number of amides is 1. The van der Waals surface area contributed by atoms with Crippen LogP contribution in [-0.2, 0) is 16.6 Å². The first kappa shape index (κ1) is 21.5. The van der Waals surface area contributed by atoms with E-state index in [-0.39, 0.29) is 23.9 Å². The largest absolute Gasteiger partial charge is 0.469 e. The number of benzene rings is 1. The third kappa shape index (κ3) is 4.94. The predicted molar refractivity (Wildman–Crippen MR) is 121 cm³/mol. The Labute approximate surface area is 186 Å². The lowest BCUT2D eigenvalue weighted by Crippen LogP contribution is -2.45. The second-order valence-corrected chi connectivity index (χ2v) is 8.74. The zero-order valence-corrected chi connectivity index (χ0v) is 19.0. The summed E-state index contributed by atoms with van der Waals surface area (Å²) in [7, 11) is 1.88. The highest BCUT2D eigenvalue weighted by molar-refractivity contribution is 7.99. The number of furan rings is 1. The number of anilines is 2. The fourth-order valence-electron chi connectivity index (χ4n) is 3.76. The topological polar surface area (TPSA) is 85.4 Å². The van der Waals surface area contributed by atoms with Crippen LogP contribution in [0.3, 0.4) is 0 Å². The van der Waals surface area contributed by atoms with E-state index in [0.29, 0.717) is 5.16 Å². The van der Waals surface area contributed by atoms with Crippen LogP contribution in [0.15, 0.2) is 46.2 Å². The lowest BCUT2D eigenvalue weighted by atomic mass is 10.2. The average Bonchev–Trinajstić information content (AvgIpc) is 3.31. The molecule has 9 heteroatoms. The number of carbonyl (C=O) groups excluding carboxylic acids is 1. The van der Waals surface area contributed by atoms with Crippen molar-refractivity contribution in [2.75, 3.05) is 29.1 Å². The van der Waals surface area contributed by atoms with Gasteiger partial charge in [0, 0.05) is 31.5 Å². The Balaban J connectivity index is 1.32. The molecule has 2 atom stereocenters. The molecule has 4 rings (SSSR count). The first-order valence-electron chi connectivity index (χ1n) is 10.3. The molecule has 1 aromatic carbocycles. The molecule has 2 aromatic heterocycles. The fourth-order valence-corrected chi connectivity index (χ4v) is 4.47. The third-order valence-electron chi connectivity index (χ3n) is 5.20. The van der Waals surface area contributed by atoms with E-state index in [4.69, 9.17) is 9.15 Å². The number of morpholine rings is 1. The van der Waals surface area contributed by atoms with Crippen molar-refractivity contribution >= 4 is 29.0 Å². The molecule has 1 aliphatic heterocycles. The SMILES string of the molecule is Cc1occc1-c1nnc(SCC(=O)Nc2ccc(N3CC(C)OC(C)C3)cc2)n1C. The Morgan fingerprint density at radius 2 is 1.87 bits per heavy atom. The van der Waals surface area contributed by atoms with Gasteiger partial charge in [-0.25, -0.2) is 0 Å². The first-order chi connectivity index (χ1) is 14.9. The van der Waals surface area contributed by atoms with Crippen LogP contribution in [0.1, 0.15) is 19.6 Å². The number of nitrogens with zero attached hydrogens (tertiary/aromatic N) is 4. The minimum atomic E-state index is -0.0876. The second-order valence-electron chi connectivity index (χ2n) is 7.80. The van der Waals surface area contributed by atoms with Crippen molar-refractivity contribution in [3.05, 3.63) is 42.4 Å². The Morgan fingerprint density at radius 1 is 1.16 bits per heavy atom. The maximum absolute atomic E-state index is 12.4. The molecule has 0 spiro atoms. The maximum Gasteiger partial charge on any atom is 0.234 e. The molecule has 1 amide bonds. The van der Waals surface area contributed by atoms with Crippen molar-refractivity contribution < 1.29 is 13.9 Å². The lowest BCUT2D eigenvalue weighted by Gasteiger charge is -2.36. The molecule has 0 bridgehead atoms. The molecule has 1 aliphatic rings. The number of aromatic nitrogens is 3. The van der Waals surface area contributed by atoms with E-state index < -0.39 is 0 Å². The summed E-state index contributed by atoms with van der Waals surface area (Å²) in [5, 5.41) is 12.1. The van der Waals surface area contributed by atoms with Crippen molar-refractivity contribution in [3.63, 3.8) is 0 Å². The van der Waals surface area contributed by atoms with Crippen LogP contribution in [0.25, 0.3) is 11.4 Å². The maximum atomic E-state index is 12.4. The van der Waals surface area contributed by atoms with Gasteiger partial charge in [0.15, 0.2) is 11.0 Å². The predicted octanol–water partition coefficient (Wildman–Crippen LogP) is 3.73. The van der Waals surface area contributed by atoms with Gasteiger partial charge in [-0.3, -0.25) is 4.79 Å². The van der Waals surface area contributed by atoms with Crippen molar-refractivity contribution in [2.45, 2.75) is 38.1 Å². The van der Waals surface area contributed by atoms with E-state index in [1.807, 2.05) is 48.9 Å². The third-order valence-corrected chi connectivity index (χ3v) is 6.22. The summed E-state index contributed by atoms with van der Waals surface area (Å²) >= 11 is 1.35. The number of carbonyl (C=O) groups is 1. The molecule has 2 unspecified atom stereocenters. The van der Waals surface area contributed by atoms with Crippen molar-refractivity contribution in [3.8, 4) is 11.4 Å². The van der Waals surface area contributed by atoms with Crippen LogP contribution in [0.4, 0.5) is 11.4 Å². The summed E-state index contributed by atoms with van der Waals surface area (Å²) < 4.78 is 13.0. The fraction of sp³-hybridized carbons (Fsp3) is 0.409. The molecule has 1 N–H and O–H groups in total. The summed E-state index contributed by atoms with van der Waals surface area (Å²) in [5.41, 5.74) is 2.81. The molecular weight excluding hydrogens is 414 g/mol. The summed E-state index contributed by atoms with van der Waals surface area (Å²) in [6, 6.07) is 9.81. The van der Waals surface area contributed by atoms with Gasteiger partial charge in [0.2, 0.25) is 5.91 Å². The van der Waals surface area contributed by atoms with Crippen LogP contribution in [0.5, 0.6) is 0 Å². The van der Waals surface area contributed by atoms with Gasteiger partial charge in [-0.2, -0.15) is 0 Å². The normalized spacial score (nSPS) is 18.9. The average molecular weight is 442 g/mol. The standard InChI is InChI=1S/C22H27N5O3S/c1-14-11-27(12-15(2)30-14)18-7-5-17(6-8-18)23-20(28)13-31-22-25-24-21(26(22)4)19-9-10-29-16(19)3/h5-10,14-15H,11-13H2,1-4H3,(H,23,28). The number of ether oxygens (including phenoxy) is 1. The summed E-state index contributed by atoms with van der Waals surface area (Å²) in [6.45, 7) is 7.79. The molecule has 1 saturated heterocycles. The molecule has 31 heavy (non-hydrogen) atoms. The van der Waals surface area contributed by atoms with Crippen LogP contribution >= 0.6 is 11.8 Å². The Bertz CT molecular complexity index is 1040. The van der Waals surface area contributed by atoms with Crippen LogP contribution in [-0.4, -0.2) is 51.7 Å². The molecule has 0 saturated carbocycles. The number of aryl methyl sites for hydroxylation is 1. The Kier molecular flexibility index (Phi) is 6.33. The molecule has 8 nitrogen and oxygen atoms in total. The number of nitrogens with one attached hydrogen (secondary N) is 1. The first-order valence-corrected chi connectivity index (χ1v) is 11.3. The van der Waals surface area contributed by atoms with E-state index in [9.17, 15) is 4.79 Å². The summed E-state index contributed by atoms with van der Waals surface area (Å²) in [6.07, 6.45) is 2.04. The van der Waals surface area contributed by atoms with E-state index in [1.54, 1.807) is 6.26 Å². The quantitative estimate of drug-likeness (QED) is 0.584. The van der Waals surface area contributed by atoms with Crippen molar-refractivity contribution in [2.24, 2.45) is 7.05 Å². The highest BCUT2D eigenvalue weighted by atomic mass is 32.2. The highest BCUT2D eigenvalue weighted by Crippen LogP contribution is 2.26. The van der Waals surface area contributed by atoms with Gasteiger partial charge in [0.25, 0.3) is 0 Å². The van der Waals surface area contributed by atoms with E-state index in [1.165, 1.54) is 11.8 Å². The molecule has 1 fully saturated rings. The minimum Gasteiger partial charge on any atom is -0.469 e. The van der Waals surface area contributed by atoms with Crippen LogP contribution in [0.2, 0.25) is 0 Å². The van der Waals surface area contributed by atoms with Gasteiger partial charge in [-0.15, -0.1) is 10.2 Å². The molecular formula is C22H27N5O3S. The molecule has 0 aliphatic carbocycles. The van der Waals surface area contributed by atoms with Gasteiger partial charge in [0.05, 0.1) is 29.8 Å². The number of thioether (sulfide) groups is 1. The number of hydrogen-bond acceptors (Lipinski definition) is 7. The number of rotatable bonds is 6. The number of hydrogen-bond donors (Lipinski definition) is 1. The summed E-state index contributed by atoms with van der Waals surface area (Å²) in [5.74, 6) is 1.66. The highest BCUT2D eigenvalue weighted by Gasteiger charge is 2.22. The van der Waals surface area contributed by atoms with Crippen LogP contribution < -0.4 is 10.2 Å². The van der Waals surface area contributed by atoms with Gasteiger partial charge >= 0.3 is 0 Å². The van der Waals surface area contributed by atoms with Crippen molar-refractivity contribution in [1.29, 1.82) is 0 Å². The van der Waals surface area contributed by atoms with Crippen molar-refractivity contribution in [1.82, 2.24) is 14.8 Å². The van der Waals surface area contributed by atoms with Gasteiger partial charge in [-0.1, -0.05) is 11.8 Å². The Morgan fingerprint density at radius 3 is 2.52 bits per heavy atom. The van der Waals surface area contributed by atoms with Gasteiger partial charge in [-0.05, 0) is 51.1 Å². The zero-order chi connectivity index (χ0) is 22.0. The molecule has 3 heterocycles. The van der Waals surface area contributed by atoms with E-state index in [2.05, 4.69) is 34.3 Å². The van der Waals surface area contributed by atoms with Gasteiger partial charge < -0.3 is 23.9 Å². The van der Waals surface area contributed by atoms with E-state index >= 15 is 0 Å². The monoisotopic (exact) mass is 441 g/mol. The summed E-state index contributed by atoms with van der Waals surface area (Å²) in [4.78, 5) is 14.7. The molecule has 164 valence electrons. The molecule has 0 radical (unpaired) electrons. The second kappa shape index (κ2) is 9.15. The minimum absolute atomic E-state index is 0.0876. The molecule has 3 aromatic rings. The zero-order valence-electron chi connectivity index (χ0n) is 18.2. The van der Waals surface area contributed by atoms with Gasteiger partial charge in [0.1, 0.15) is 5.76 Å². The Hall–Kier alpha value is -2.78. The van der Waals surface area contributed by atoms with E-state index in [0.717, 1.165) is 41.6 Å².